The van der Waals surface area contributed by atoms with Crippen LogP contribution >= 0.6 is 0 Å². The third-order valence-electron chi connectivity index (χ3n) is 1.74. The first-order valence-electron chi connectivity index (χ1n) is 4.77. The summed E-state index contributed by atoms with van der Waals surface area (Å²) in [6.07, 6.45) is 3.87. The quantitative estimate of drug-likeness (QED) is 0.526. The van der Waals surface area contributed by atoms with Gasteiger partial charge >= 0.3 is 0 Å². The van der Waals surface area contributed by atoms with Gasteiger partial charge in [-0.2, -0.15) is 0 Å². The van der Waals surface area contributed by atoms with Crippen LogP contribution in [0.3, 0.4) is 0 Å². The second-order valence-corrected chi connectivity index (χ2v) is 3.49. The number of hydrogen-bond donors (Lipinski definition) is 2. The molecule has 0 aliphatic heterocycles. The fraction of sp³-hybridized carbons (Fsp3) is 1.00. The first kappa shape index (κ1) is 10.9. The van der Waals surface area contributed by atoms with Crippen molar-refractivity contribution in [2.45, 2.75) is 33.1 Å². The molecule has 0 aromatic rings. The first-order valence-corrected chi connectivity index (χ1v) is 4.77. The fourth-order valence-corrected chi connectivity index (χ4v) is 1.01. The molecule has 0 aliphatic rings. The number of hydrogen-bond acceptors (Lipinski definition) is 1. The zero-order chi connectivity index (χ0) is 8.53. The summed E-state index contributed by atoms with van der Waals surface area (Å²) in [5.74, 6) is 0.852. The molecule has 0 heterocycles. The molecule has 2 nitrogen and oxygen atoms in total. The minimum absolute atomic E-state index is 0.852. The molecule has 68 valence electrons. The predicted octanol–water partition coefficient (Wildman–Crippen LogP) is 0.644. The maximum absolute atomic E-state index is 3.79. The van der Waals surface area contributed by atoms with Crippen LogP contribution in [0.25, 0.3) is 0 Å². The molecule has 0 amide bonds. The van der Waals surface area contributed by atoms with Gasteiger partial charge in [0.05, 0.1) is 6.54 Å². The Bertz CT molecular complexity index is 72.0. The van der Waals surface area contributed by atoms with Gasteiger partial charge in [-0.25, -0.2) is 0 Å². The monoisotopic (exact) mass is 159 g/mol. The van der Waals surface area contributed by atoms with E-state index in [-0.39, 0.29) is 0 Å². The van der Waals surface area contributed by atoms with Crippen LogP contribution in [0.15, 0.2) is 0 Å². The van der Waals surface area contributed by atoms with Gasteiger partial charge in [-0.05, 0) is 25.3 Å². The van der Waals surface area contributed by atoms with E-state index in [0.717, 1.165) is 19.0 Å². The molecular formula is C9H23N2+. The van der Waals surface area contributed by atoms with Crippen LogP contribution in [-0.2, 0) is 0 Å². The highest BCUT2D eigenvalue weighted by Crippen LogP contribution is 2.01. The van der Waals surface area contributed by atoms with Crippen molar-refractivity contribution in [3.63, 3.8) is 0 Å². The standard InChI is InChI=1S/C9H22N2/c1-9(2)5-3-7-11-8-4-6-10/h9,11H,3-8,10H2,1-2H3/p+1. The molecule has 2 heteroatoms. The van der Waals surface area contributed by atoms with Crippen molar-refractivity contribution in [1.29, 1.82) is 0 Å². The lowest BCUT2D eigenvalue weighted by Gasteiger charge is -2.04. The lowest BCUT2D eigenvalue weighted by molar-refractivity contribution is -0.367. The van der Waals surface area contributed by atoms with E-state index >= 15 is 0 Å². The van der Waals surface area contributed by atoms with Gasteiger partial charge in [0.15, 0.2) is 0 Å². The van der Waals surface area contributed by atoms with Crippen LogP contribution in [0.5, 0.6) is 0 Å². The summed E-state index contributed by atoms with van der Waals surface area (Å²) in [4.78, 5) is 0. The van der Waals surface area contributed by atoms with Gasteiger partial charge in [0, 0.05) is 13.0 Å². The Kier molecular flexibility index (Phi) is 7.96. The van der Waals surface area contributed by atoms with Gasteiger partial charge in [0.2, 0.25) is 0 Å². The molecule has 0 bridgehead atoms. The van der Waals surface area contributed by atoms with Crippen LogP contribution in [0.4, 0.5) is 0 Å². The van der Waals surface area contributed by atoms with Crippen molar-refractivity contribution in [1.82, 2.24) is 5.32 Å². The van der Waals surface area contributed by atoms with Gasteiger partial charge in [-0.3, -0.25) is 0 Å². The summed E-state index contributed by atoms with van der Waals surface area (Å²) in [7, 11) is 0. The molecule has 0 spiro atoms. The van der Waals surface area contributed by atoms with Gasteiger partial charge in [-0.15, -0.1) is 0 Å². The largest absolute Gasteiger partial charge is 0.358 e. The molecule has 0 aromatic heterocycles. The van der Waals surface area contributed by atoms with Gasteiger partial charge in [-0.1, -0.05) is 13.8 Å². The van der Waals surface area contributed by atoms with Crippen molar-refractivity contribution in [3.8, 4) is 0 Å². The Hall–Kier alpha value is -0.0800. The second kappa shape index (κ2) is 8.02. The summed E-state index contributed by atoms with van der Waals surface area (Å²) in [6.45, 7) is 7.92. The highest BCUT2D eigenvalue weighted by molar-refractivity contribution is 4.50. The minimum Gasteiger partial charge on any atom is -0.358 e. The summed E-state index contributed by atoms with van der Waals surface area (Å²) in [5.41, 5.74) is 3.79. The molecule has 0 atom stereocenters. The first-order chi connectivity index (χ1) is 5.27. The normalized spacial score (nSPS) is 10.9. The van der Waals surface area contributed by atoms with Crippen LogP contribution in [0, 0.1) is 5.92 Å². The third-order valence-corrected chi connectivity index (χ3v) is 1.74. The van der Waals surface area contributed by atoms with E-state index in [0.29, 0.717) is 0 Å². The number of nitrogens with one attached hydrogen (secondary N) is 1. The molecule has 0 rings (SSSR count). The zero-order valence-electron chi connectivity index (χ0n) is 8.03. The molecule has 0 radical (unpaired) electrons. The zero-order valence-corrected chi connectivity index (χ0v) is 8.03. The topological polar surface area (TPSA) is 39.7 Å². The maximum atomic E-state index is 3.79. The van der Waals surface area contributed by atoms with Crippen LogP contribution in [-0.4, -0.2) is 19.6 Å². The van der Waals surface area contributed by atoms with E-state index in [2.05, 4.69) is 24.9 Å². The van der Waals surface area contributed by atoms with Crippen molar-refractivity contribution in [2.24, 2.45) is 5.92 Å². The molecule has 0 saturated carbocycles. The van der Waals surface area contributed by atoms with Crippen molar-refractivity contribution in [2.75, 3.05) is 19.6 Å². The van der Waals surface area contributed by atoms with E-state index in [1.165, 1.54) is 25.8 Å². The SMILES string of the molecule is CC(C)CCCNCCC[NH3+]. The van der Waals surface area contributed by atoms with Gasteiger partial charge in [0.1, 0.15) is 0 Å². The van der Waals surface area contributed by atoms with E-state index in [4.69, 9.17) is 0 Å². The Morgan fingerprint density at radius 1 is 1.18 bits per heavy atom. The maximum Gasteiger partial charge on any atom is 0.0752 e. The highest BCUT2D eigenvalue weighted by Gasteiger charge is 1.92. The Morgan fingerprint density at radius 2 is 1.82 bits per heavy atom. The van der Waals surface area contributed by atoms with Crippen molar-refractivity contribution < 1.29 is 5.73 Å². The third kappa shape index (κ3) is 9.92. The van der Waals surface area contributed by atoms with Crippen LogP contribution < -0.4 is 11.1 Å². The molecular weight excluding hydrogens is 136 g/mol. The Balaban J connectivity index is 2.80. The molecule has 11 heavy (non-hydrogen) atoms. The van der Waals surface area contributed by atoms with E-state index in [9.17, 15) is 0 Å². The lowest BCUT2D eigenvalue weighted by atomic mass is 10.1. The van der Waals surface area contributed by atoms with E-state index in [1.54, 1.807) is 0 Å². The number of rotatable bonds is 7. The Labute approximate surface area is 70.5 Å². The average molecular weight is 159 g/mol. The molecule has 0 aromatic carbocycles. The highest BCUT2D eigenvalue weighted by atomic mass is 14.8. The molecule has 4 N–H and O–H groups in total. The second-order valence-electron chi connectivity index (χ2n) is 3.49. The van der Waals surface area contributed by atoms with Gasteiger partial charge < -0.3 is 11.1 Å². The smallest absolute Gasteiger partial charge is 0.0752 e. The average Bonchev–Trinajstić information content (AvgIpc) is 1.96. The van der Waals surface area contributed by atoms with Crippen molar-refractivity contribution >= 4 is 0 Å². The summed E-state index contributed by atoms with van der Waals surface area (Å²) >= 11 is 0. The lowest BCUT2D eigenvalue weighted by Crippen LogP contribution is -2.51. The molecule has 0 unspecified atom stereocenters. The molecule has 0 fully saturated rings. The van der Waals surface area contributed by atoms with E-state index in [1.807, 2.05) is 0 Å². The van der Waals surface area contributed by atoms with Crippen LogP contribution in [0.1, 0.15) is 33.1 Å². The van der Waals surface area contributed by atoms with Crippen LogP contribution in [0.2, 0.25) is 0 Å². The van der Waals surface area contributed by atoms with Crippen molar-refractivity contribution in [3.05, 3.63) is 0 Å². The predicted molar refractivity (Wildman–Crippen MR) is 49.3 cm³/mol. The fourth-order valence-electron chi connectivity index (χ4n) is 1.01. The summed E-state index contributed by atoms with van der Waals surface area (Å²) in [5, 5.41) is 3.40. The van der Waals surface area contributed by atoms with E-state index < -0.39 is 0 Å². The minimum atomic E-state index is 0.852. The number of quaternary nitrogens is 1. The molecule has 0 saturated heterocycles. The van der Waals surface area contributed by atoms with Gasteiger partial charge in [0.25, 0.3) is 0 Å². The summed E-state index contributed by atoms with van der Waals surface area (Å²) < 4.78 is 0. The Morgan fingerprint density at radius 3 is 2.36 bits per heavy atom. The molecule has 0 aliphatic carbocycles. The summed E-state index contributed by atoms with van der Waals surface area (Å²) in [6, 6.07) is 0.